The van der Waals surface area contributed by atoms with Crippen LogP contribution in [0.5, 0.6) is 5.75 Å². The third kappa shape index (κ3) is 5.14. The number of hydrogen-bond acceptors (Lipinski definition) is 5. The number of piperidine rings is 1. The Morgan fingerprint density at radius 3 is 2.54 bits per heavy atom. The molecule has 0 spiro atoms. The van der Waals surface area contributed by atoms with Crippen molar-refractivity contribution in [2.24, 2.45) is 5.92 Å². The fourth-order valence-electron chi connectivity index (χ4n) is 7.12. The third-order valence-electron chi connectivity index (χ3n) is 8.78. The highest BCUT2D eigenvalue weighted by molar-refractivity contribution is 5.98. The van der Waals surface area contributed by atoms with Crippen LogP contribution in [0.2, 0.25) is 0 Å². The Hall–Kier alpha value is -3.38. The summed E-state index contributed by atoms with van der Waals surface area (Å²) in [4.78, 5) is 31.0. The van der Waals surface area contributed by atoms with E-state index >= 15 is 0 Å². The first-order valence-electron chi connectivity index (χ1n) is 14.1. The van der Waals surface area contributed by atoms with E-state index in [1.54, 1.807) is 6.07 Å². The predicted octanol–water partition coefficient (Wildman–Crippen LogP) is 5.77. The van der Waals surface area contributed by atoms with Crippen LogP contribution >= 0.6 is 0 Å². The van der Waals surface area contributed by atoms with Crippen molar-refractivity contribution in [1.29, 1.82) is 0 Å². The van der Waals surface area contributed by atoms with Gasteiger partial charge in [0.05, 0.1) is 0 Å². The highest BCUT2D eigenvalue weighted by atomic mass is 16.6. The normalized spacial score (nSPS) is 25.3. The number of esters is 1. The fourth-order valence-corrected chi connectivity index (χ4v) is 7.12. The van der Waals surface area contributed by atoms with Gasteiger partial charge >= 0.3 is 5.97 Å². The number of rotatable bonds is 6. The smallest absolute Gasteiger partial charge is 0.303 e. The second-order valence-electron chi connectivity index (χ2n) is 12.0. The van der Waals surface area contributed by atoms with Crippen LogP contribution in [-0.4, -0.2) is 65.1 Å². The van der Waals surface area contributed by atoms with Crippen molar-refractivity contribution in [1.82, 2.24) is 9.80 Å². The summed E-state index contributed by atoms with van der Waals surface area (Å²) < 4.78 is 6.29. The van der Waals surface area contributed by atoms with Crippen LogP contribution in [0.1, 0.15) is 62.4 Å². The summed E-state index contributed by atoms with van der Waals surface area (Å²) >= 11 is 0. The molecule has 39 heavy (non-hydrogen) atoms. The van der Waals surface area contributed by atoms with E-state index in [9.17, 15) is 14.7 Å². The van der Waals surface area contributed by atoms with Gasteiger partial charge in [-0.3, -0.25) is 9.59 Å². The monoisotopic (exact) mass is 528 g/mol. The van der Waals surface area contributed by atoms with Crippen LogP contribution in [0.15, 0.2) is 66.7 Å². The number of carbonyl (C=O) groups is 2. The topological polar surface area (TPSA) is 70.1 Å². The number of phenolic OH excluding ortho intramolecular Hbond substituents is 1. The summed E-state index contributed by atoms with van der Waals surface area (Å²) in [6, 6.07) is 21.5. The molecule has 1 saturated carbocycles. The quantitative estimate of drug-likeness (QED) is 0.411. The molecule has 2 aliphatic rings. The van der Waals surface area contributed by atoms with Crippen molar-refractivity contribution >= 4 is 22.6 Å². The molecule has 0 bridgehead atoms. The van der Waals surface area contributed by atoms with Crippen LogP contribution in [-0.2, 0) is 14.9 Å². The van der Waals surface area contributed by atoms with Gasteiger partial charge in [0.15, 0.2) is 0 Å². The first-order valence-corrected chi connectivity index (χ1v) is 14.1. The van der Waals surface area contributed by atoms with Crippen LogP contribution < -0.4 is 0 Å². The number of aromatic hydroxyl groups is 1. The second kappa shape index (κ2) is 10.6. The Labute approximate surface area is 231 Å². The molecule has 206 valence electrons. The zero-order valence-electron chi connectivity index (χ0n) is 23.5. The first kappa shape index (κ1) is 27.2. The largest absolute Gasteiger partial charge is 0.508 e. The Morgan fingerprint density at radius 1 is 1.05 bits per heavy atom. The molecule has 3 atom stereocenters. The van der Waals surface area contributed by atoms with Gasteiger partial charge in [-0.15, -0.1) is 0 Å². The average Bonchev–Trinajstić information content (AvgIpc) is 2.90. The molecule has 1 aliphatic heterocycles. The van der Waals surface area contributed by atoms with Crippen molar-refractivity contribution < 1.29 is 19.4 Å². The number of hydrogen-bond donors (Lipinski definition) is 1. The van der Waals surface area contributed by atoms with E-state index in [1.807, 2.05) is 54.6 Å². The maximum absolute atomic E-state index is 14.2. The van der Waals surface area contributed by atoms with Gasteiger partial charge in [0.2, 0.25) is 0 Å². The molecule has 1 saturated heterocycles. The Morgan fingerprint density at radius 2 is 1.82 bits per heavy atom. The fraction of sp³-hybridized carbons (Fsp3) is 0.455. The molecule has 1 N–H and O–H groups in total. The van der Waals surface area contributed by atoms with Gasteiger partial charge in [0, 0.05) is 37.0 Å². The Kier molecular flexibility index (Phi) is 7.43. The highest BCUT2D eigenvalue weighted by Crippen LogP contribution is 2.54. The second-order valence-corrected chi connectivity index (χ2v) is 12.0. The van der Waals surface area contributed by atoms with Crippen molar-refractivity contribution in [3.8, 4) is 5.75 Å². The summed E-state index contributed by atoms with van der Waals surface area (Å²) in [5.74, 6) is 0.243. The van der Waals surface area contributed by atoms with Gasteiger partial charge in [0.1, 0.15) is 11.4 Å². The van der Waals surface area contributed by atoms with Crippen LogP contribution in [0.3, 0.4) is 0 Å². The van der Waals surface area contributed by atoms with E-state index in [0.717, 1.165) is 35.7 Å². The van der Waals surface area contributed by atoms with E-state index in [0.29, 0.717) is 37.4 Å². The predicted molar refractivity (Wildman–Crippen MR) is 154 cm³/mol. The SMILES string of the molecule is CC(=O)O[C@]12CC[C@H](N(CC(C)C)C(=O)c3ccc4ccccc4c3)C[C@]1(c1cccc(O)c1)CCN(C)C2. The van der Waals surface area contributed by atoms with E-state index in [2.05, 4.69) is 36.8 Å². The number of phenols is 1. The molecule has 1 aliphatic carbocycles. The summed E-state index contributed by atoms with van der Waals surface area (Å²) in [6.07, 6.45) is 2.84. The number of amides is 1. The number of likely N-dealkylation sites (tertiary alicyclic amines) is 1. The zero-order valence-corrected chi connectivity index (χ0v) is 23.5. The number of fused-ring (bicyclic) bond motifs is 2. The molecule has 0 aromatic heterocycles. The molecule has 1 amide bonds. The minimum absolute atomic E-state index is 0.0270. The lowest BCUT2D eigenvalue weighted by atomic mass is 9.55. The van der Waals surface area contributed by atoms with Gasteiger partial charge in [0.25, 0.3) is 5.91 Å². The van der Waals surface area contributed by atoms with E-state index in [4.69, 9.17) is 4.74 Å². The Balaban J connectivity index is 1.57. The molecule has 0 radical (unpaired) electrons. The summed E-state index contributed by atoms with van der Waals surface area (Å²) in [5, 5.41) is 12.6. The van der Waals surface area contributed by atoms with Crippen molar-refractivity contribution in [3.05, 3.63) is 77.9 Å². The minimum atomic E-state index is -0.731. The van der Waals surface area contributed by atoms with Crippen LogP contribution in [0, 0.1) is 5.92 Å². The van der Waals surface area contributed by atoms with Gasteiger partial charge in [-0.25, -0.2) is 0 Å². The molecule has 5 rings (SSSR count). The van der Waals surface area contributed by atoms with Crippen LogP contribution in [0.25, 0.3) is 10.8 Å². The number of benzene rings is 3. The van der Waals surface area contributed by atoms with Gasteiger partial charge < -0.3 is 19.6 Å². The molecular weight excluding hydrogens is 488 g/mol. The highest BCUT2D eigenvalue weighted by Gasteiger charge is 2.61. The maximum atomic E-state index is 14.2. The first-order chi connectivity index (χ1) is 18.6. The van der Waals surface area contributed by atoms with Gasteiger partial charge in [-0.1, -0.05) is 56.3 Å². The molecule has 0 unspecified atom stereocenters. The Bertz CT molecular complexity index is 1370. The van der Waals surface area contributed by atoms with E-state index in [1.165, 1.54) is 6.92 Å². The molecule has 3 aromatic carbocycles. The summed E-state index contributed by atoms with van der Waals surface area (Å²) in [7, 11) is 2.07. The van der Waals surface area contributed by atoms with Crippen LogP contribution in [0.4, 0.5) is 0 Å². The standard InChI is InChI=1S/C33H40N2O4/c1-23(2)21-35(31(38)27-13-12-25-8-5-6-9-26(25)18-27)29-14-15-33(39-24(3)36)22-34(4)17-16-32(33,20-29)28-10-7-11-30(37)19-28/h5-13,18-19,23,29,37H,14-17,20-22H2,1-4H3/t29-,32-,33-/m0/s1. The molecular formula is C33H40N2O4. The molecule has 1 heterocycles. The van der Waals surface area contributed by atoms with Crippen molar-refractivity contribution in [2.45, 2.75) is 63.5 Å². The zero-order chi connectivity index (χ0) is 27.8. The summed E-state index contributed by atoms with van der Waals surface area (Å²) in [5.41, 5.74) is 0.419. The van der Waals surface area contributed by atoms with E-state index in [-0.39, 0.29) is 23.7 Å². The lowest BCUT2D eigenvalue weighted by molar-refractivity contribution is -0.187. The van der Waals surface area contributed by atoms with E-state index < -0.39 is 11.0 Å². The van der Waals surface area contributed by atoms with Crippen molar-refractivity contribution in [3.63, 3.8) is 0 Å². The number of likely N-dealkylation sites (N-methyl/N-ethyl adjacent to an activating group) is 1. The maximum Gasteiger partial charge on any atom is 0.303 e. The van der Waals surface area contributed by atoms with Gasteiger partial charge in [-0.05, 0) is 85.8 Å². The lowest BCUT2D eigenvalue weighted by Crippen LogP contribution is -2.68. The average molecular weight is 529 g/mol. The molecule has 6 heteroatoms. The minimum Gasteiger partial charge on any atom is -0.508 e. The summed E-state index contributed by atoms with van der Waals surface area (Å²) in [6.45, 7) is 7.89. The van der Waals surface area contributed by atoms with Gasteiger partial charge in [-0.2, -0.15) is 0 Å². The number of carbonyl (C=O) groups excluding carboxylic acids is 2. The molecule has 3 aromatic rings. The number of nitrogens with zero attached hydrogens (tertiary/aromatic N) is 2. The third-order valence-corrected chi connectivity index (χ3v) is 8.78. The number of ether oxygens (including phenoxy) is 1. The van der Waals surface area contributed by atoms with Crippen molar-refractivity contribution in [2.75, 3.05) is 26.7 Å². The molecule has 2 fully saturated rings. The molecule has 6 nitrogen and oxygen atoms in total. The lowest BCUT2D eigenvalue weighted by Gasteiger charge is -2.60.